The predicted octanol–water partition coefficient (Wildman–Crippen LogP) is 3.19. The molecule has 0 aliphatic heterocycles. The van der Waals surface area contributed by atoms with Crippen LogP contribution in [0.15, 0.2) is 30.3 Å². The molecule has 0 saturated carbocycles. The van der Waals surface area contributed by atoms with Crippen molar-refractivity contribution < 1.29 is 9.32 Å². The highest BCUT2D eigenvalue weighted by Crippen LogP contribution is 2.23. The minimum atomic E-state index is -1.16. The SMILES string of the molecule is CC(C)[C@@H](O)C[C@@H](NS(=O)C(C)(C)C)c1ccccc1. The van der Waals surface area contributed by atoms with E-state index in [1.165, 1.54) is 0 Å². The van der Waals surface area contributed by atoms with Crippen LogP contribution in [0.1, 0.15) is 52.6 Å². The van der Waals surface area contributed by atoms with Crippen molar-refractivity contribution in [3.8, 4) is 0 Å². The first-order valence-corrected chi connectivity index (χ1v) is 8.28. The molecule has 3 nitrogen and oxygen atoms in total. The predicted molar refractivity (Wildman–Crippen MR) is 85.7 cm³/mol. The third-order valence-electron chi connectivity index (χ3n) is 3.25. The molecular formula is C16H27NO2S. The lowest BCUT2D eigenvalue weighted by atomic mass is 9.96. The zero-order valence-corrected chi connectivity index (χ0v) is 13.9. The second-order valence-corrected chi connectivity index (χ2v) is 8.51. The van der Waals surface area contributed by atoms with Gasteiger partial charge in [-0.15, -0.1) is 0 Å². The van der Waals surface area contributed by atoms with Crippen molar-refractivity contribution in [1.29, 1.82) is 0 Å². The van der Waals surface area contributed by atoms with Crippen molar-refractivity contribution in [2.45, 2.75) is 57.9 Å². The van der Waals surface area contributed by atoms with Crippen LogP contribution in [0, 0.1) is 5.92 Å². The Morgan fingerprint density at radius 3 is 2.20 bits per heavy atom. The van der Waals surface area contributed by atoms with Crippen LogP contribution in [-0.2, 0) is 11.0 Å². The zero-order valence-electron chi connectivity index (χ0n) is 13.1. The van der Waals surface area contributed by atoms with Gasteiger partial charge < -0.3 is 5.11 Å². The van der Waals surface area contributed by atoms with Crippen LogP contribution in [-0.4, -0.2) is 20.2 Å². The summed E-state index contributed by atoms with van der Waals surface area (Å²) >= 11 is 0. The Bertz CT molecular complexity index is 426. The second-order valence-electron chi connectivity index (χ2n) is 6.51. The van der Waals surface area contributed by atoms with Crippen LogP contribution in [0.5, 0.6) is 0 Å². The van der Waals surface area contributed by atoms with E-state index in [9.17, 15) is 9.32 Å². The number of hydrogen-bond donors (Lipinski definition) is 2. The Kier molecular flexibility index (Phi) is 6.37. The van der Waals surface area contributed by atoms with Crippen molar-refractivity contribution in [3.63, 3.8) is 0 Å². The largest absolute Gasteiger partial charge is 0.393 e. The molecule has 0 aliphatic carbocycles. The Labute approximate surface area is 125 Å². The average Bonchev–Trinajstić information content (AvgIpc) is 2.37. The molecule has 0 fully saturated rings. The summed E-state index contributed by atoms with van der Waals surface area (Å²) in [6.45, 7) is 9.81. The normalized spacial score (nSPS) is 16.9. The Hall–Kier alpha value is -0.710. The Balaban J connectivity index is 2.88. The standard InChI is InChI=1S/C16H27NO2S/c1-12(2)15(18)11-14(13-9-7-6-8-10-13)17-20(19)16(3,4)5/h6-10,12,14-15,17-18H,11H2,1-5H3/t14-,15+,20?/m1/s1. The van der Waals surface area contributed by atoms with Gasteiger partial charge in [0.25, 0.3) is 0 Å². The summed E-state index contributed by atoms with van der Waals surface area (Å²) in [5.74, 6) is 0.186. The van der Waals surface area contributed by atoms with Crippen molar-refractivity contribution >= 4 is 11.0 Å². The highest BCUT2D eigenvalue weighted by Gasteiger charge is 2.25. The van der Waals surface area contributed by atoms with Gasteiger partial charge in [-0.2, -0.15) is 0 Å². The second kappa shape index (κ2) is 7.34. The number of aliphatic hydroxyl groups excluding tert-OH is 1. The van der Waals surface area contributed by atoms with Crippen LogP contribution in [0.3, 0.4) is 0 Å². The minimum absolute atomic E-state index is 0.103. The maximum Gasteiger partial charge on any atom is 0.0975 e. The van der Waals surface area contributed by atoms with Gasteiger partial charge in [0.1, 0.15) is 0 Å². The molecule has 4 heteroatoms. The van der Waals surface area contributed by atoms with Gasteiger partial charge in [0.05, 0.1) is 21.8 Å². The summed E-state index contributed by atoms with van der Waals surface area (Å²) < 4.78 is 15.2. The zero-order chi connectivity index (χ0) is 15.3. The summed E-state index contributed by atoms with van der Waals surface area (Å²) in [4.78, 5) is 0. The molecule has 2 N–H and O–H groups in total. The third-order valence-corrected chi connectivity index (χ3v) is 4.87. The number of benzene rings is 1. The molecule has 0 radical (unpaired) electrons. The van der Waals surface area contributed by atoms with E-state index >= 15 is 0 Å². The van der Waals surface area contributed by atoms with Crippen LogP contribution < -0.4 is 4.72 Å². The van der Waals surface area contributed by atoms with Crippen LogP contribution in [0.4, 0.5) is 0 Å². The van der Waals surface area contributed by atoms with Crippen LogP contribution >= 0.6 is 0 Å². The molecule has 20 heavy (non-hydrogen) atoms. The van der Waals surface area contributed by atoms with Gasteiger partial charge >= 0.3 is 0 Å². The molecule has 1 aromatic carbocycles. The van der Waals surface area contributed by atoms with Crippen molar-refractivity contribution in [3.05, 3.63) is 35.9 Å². The fourth-order valence-corrected chi connectivity index (χ4v) is 2.60. The summed E-state index contributed by atoms with van der Waals surface area (Å²) in [6, 6.07) is 9.79. The number of nitrogens with one attached hydrogen (secondary N) is 1. The number of rotatable bonds is 6. The maximum absolute atomic E-state index is 12.3. The van der Waals surface area contributed by atoms with Gasteiger partial charge in [-0.05, 0) is 38.7 Å². The van der Waals surface area contributed by atoms with E-state index < -0.39 is 17.1 Å². The molecule has 0 aliphatic rings. The fraction of sp³-hybridized carbons (Fsp3) is 0.625. The van der Waals surface area contributed by atoms with Crippen LogP contribution in [0.25, 0.3) is 0 Å². The lowest BCUT2D eigenvalue weighted by Crippen LogP contribution is -2.37. The molecule has 0 aromatic heterocycles. The van der Waals surface area contributed by atoms with E-state index in [1.54, 1.807) is 0 Å². The van der Waals surface area contributed by atoms with E-state index in [0.717, 1.165) is 5.56 Å². The number of hydrogen-bond acceptors (Lipinski definition) is 2. The molecule has 1 rings (SSSR count). The van der Waals surface area contributed by atoms with E-state index in [-0.39, 0.29) is 16.7 Å². The lowest BCUT2D eigenvalue weighted by molar-refractivity contribution is 0.107. The van der Waals surface area contributed by atoms with Crippen LogP contribution in [0.2, 0.25) is 0 Å². The molecule has 0 bridgehead atoms. The minimum Gasteiger partial charge on any atom is -0.393 e. The fourth-order valence-electron chi connectivity index (χ4n) is 1.76. The molecule has 1 unspecified atom stereocenters. The molecule has 1 aromatic rings. The third kappa shape index (κ3) is 5.35. The average molecular weight is 297 g/mol. The van der Waals surface area contributed by atoms with E-state index in [2.05, 4.69) is 4.72 Å². The van der Waals surface area contributed by atoms with Gasteiger partial charge in [-0.3, -0.25) is 0 Å². The Morgan fingerprint density at radius 1 is 1.20 bits per heavy atom. The molecular weight excluding hydrogens is 270 g/mol. The first-order chi connectivity index (χ1) is 9.21. The number of aliphatic hydroxyl groups is 1. The smallest absolute Gasteiger partial charge is 0.0975 e. The summed E-state index contributed by atoms with van der Waals surface area (Å²) in [7, 11) is -1.16. The van der Waals surface area contributed by atoms with Gasteiger partial charge in [-0.25, -0.2) is 8.93 Å². The highest BCUT2D eigenvalue weighted by molar-refractivity contribution is 7.84. The summed E-state index contributed by atoms with van der Waals surface area (Å²) in [6.07, 6.45) is 0.147. The Morgan fingerprint density at radius 2 is 1.75 bits per heavy atom. The molecule has 114 valence electrons. The topological polar surface area (TPSA) is 49.3 Å². The van der Waals surface area contributed by atoms with E-state index in [1.807, 2.05) is 65.0 Å². The molecule has 0 amide bonds. The quantitative estimate of drug-likeness (QED) is 0.847. The van der Waals surface area contributed by atoms with Crippen molar-refractivity contribution in [2.75, 3.05) is 0 Å². The van der Waals surface area contributed by atoms with Gasteiger partial charge in [0.15, 0.2) is 0 Å². The maximum atomic E-state index is 12.3. The lowest BCUT2D eigenvalue weighted by Gasteiger charge is -2.27. The van der Waals surface area contributed by atoms with Gasteiger partial charge in [0.2, 0.25) is 0 Å². The molecule has 3 atom stereocenters. The van der Waals surface area contributed by atoms with Crippen molar-refractivity contribution in [1.82, 2.24) is 4.72 Å². The highest BCUT2D eigenvalue weighted by atomic mass is 32.2. The summed E-state index contributed by atoms with van der Waals surface area (Å²) in [5.41, 5.74) is 1.06. The molecule has 0 spiro atoms. The molecule has 0 saturated heterocycles. The van der Waals surface area contributed by atoms with Gasteiger partial charge in [-0.1, -0.05) is 44.2 Å². The molecule has 0 heterocycles. The van der Waals surface area contributed by atoms with Crippen molar-refractivity contribution in [2.24, 2.45) is 5.92 Å². The monoisotopic (exact) mass is 297 g/mol. The van der Waals surface area contributed by atoms with E-state index in [0.29, 0.717) is 6.42 Å². The first-order valence-electron chi connectivity index (χ1n) is 7.13. The summed E-state index contributed by atoms with van der Waals surface area (Å²) in [5, 5.41) is 10.1. The van der Waals surface area contributed by atoms with Gasteiger partial charge in [0, 0.05) is 6.04 Å². The first kappa shape index (κ1) is 17.3. The van der Waals surface area contributed by atoms with E-state index in [4.69, 9.17) is 0 Å².